The van der Waals surface area contributed by atoms with Crippen LogP contribution in [0.1, 0.15) is 48.6 Å². The summed E-state index contributed by atoms with van der Waals surface area (Å²) in [5, 5.41) is 2.27. The molecule has 78 heavy (non-hydrogen) atoms. The molecule has 0 radical (unpaired) electrons. The maximum atomic E-state index is 8.11. The van der Waals surface area contributed by atoms with E-state index in [-0.39, 0.29) is 5.41 Å². The maximum absolute atomic E-state index is 8.11. The number of anilines is 4. The zero-order valence-electron chi connectivity index (χ0n) is 43.6. The Labute approximate surface area is 455 Å². The first-order valence-electron chi connectivity index (χ1n) is 26.7. The van der Waals surface area contributed by atoms with Crippen LogP contribution in [0.4, 0.5) is 28.4 Å². The Bertz CT molecular complexity index is 4280. The second-order valence-electron chi connectivity index (χ2n) is 21.4. The number of nitrogens with zero attached hydrogens (tertiary/aromatic N) is 5. The predicted molar refractivity (Wildman–Crippen MR) is 320 cm³/mol. The summed E-state index contributed by atoms with van der Waals surface area (Å²) in [6.45, 7) is 15.4. The Hall–Kier alpha value is -9.96. The van der Waals surface area contributed by atoms with E-state index in [0.29, 0.717) is 23.9 Å². The summed E-state index contributed by atoms with van der Waals surface area (Å²) in [4.78, 5) is 13.9. The van der Waals surface area contributed by atoms with Crippen molar-refractivity contribution >= 4 is 50.2 Å². The topological polar surface area (TPSA) is 37.9 Å². The average Bonchev–Trinajstić information content (AvgIpc) is 3.89. The molecule has 1 atom stereocenters. The van der Waals surface area contributed by atoms with Gasteiger partial charge in [-0.25, -0.2) is 9.83 Å². The number of hydrogen-bond acceptors (Lipinski definition) is 4. The van der Waals surface area contributed by atoms with Crippen LogP contribution in [0, 0.1) is 6.57 Å². The highest BCUT2D eigenvalue weighted by atomic mass is 16.5. The molecule has 2 aliphatic rings. The van der Waals surface area contributed by atoms with Gasteiger partial charge in [-0.15, -0.1) is 0 Å². The highest BCUT2D eigenvalue weighted by molar-refractivity contribution is 6.09. The van der Waals surface area contributed by atoms with E-state index >= 15 is 0 Å². The first kappa shape index (κ1) is 46.6. The van der Waals surface area contributed by atoms with Gasteiger partial charge in [-0.3, -0.25) is 4.57 Å². The van der Waals surface area contributed by atoms with Gasteiger partial charge in [0.15, 0.2) is 5.69 Å². The molecule has 6 heteroatoms. The van der Waals surface area contributed by atoms with Gasteiger partial charge in [-0.2, -0.15) is 0 Å². The molecule has 0 saturated heterocycles. The van der Waals surface area contributed by atoms with Crippen molar-refractivity contribution in [2.45, 2.75) is 31.6 Å². The summed E-state index contributed by atoms with van der Waals surface area (Å²) in [7, 11) is 0. The van der Waals surface area contributed by atoms with Gasteiger partial charge >= 0.3 is 0 Å². The van der Waals surface area contributed by atoms with Gasteiger partial charge in [0.05, 0.1) is 40.1 Å². The molecule has 10 aromatic carbocycles. The number of benzene rings is 10. The molecule has 1 aliphatic heterocycles. The number of para-hydroxylation sites is 4. The van der Waals surface area contributed by atoms with Gasteiger partial charge in [0.2, 0.25) is 0 Å². The predicted octanol–water partition coefficient (Wildman–Crippen LogP) is 18.8. The van der Waals surface area contributed by atoms with Crippen LogP contribution in [-0.2, 0) is 10.8 Å². The summed E-state index contributed by atoms with van der Waals surface area (Å²) in [5.41, 5.74) is 18.6. The van der Waals surface area contributed by atoms with Crippen molar-refractivity contribution in [2.24, 2.45) is 0 Å². The third kappa shape index (κ3) is 7.50. The number of hydrogen-bond donors (Lipinski definition) is 0. The Kier molecular flexibility index (Phi) is 11.0. The van der Waals surface area contributed by atoms with E-state index in [1.807, 2.05) is 12.3 Å². The summed E-state index contributed by atoms with van der Waals surface area (Å²) in [6.07, 6.45) is 1.93. The van der Waals surface area contributed by atoms with E-state index in [4.69, 9.17) is 16.3 Å². The van der Waals surface area contributed by atoms with Gasteiger partial charge in [0.1, 0.15) is 24.0 Å². The lowest BCUT2D eigenvalue weighted by Crippen LogP contribution is -2.29. The zero-order chi connectivity index (χ0) is 52.5. The minimum Gasteiger partial charge on any atom is -0.457 e. The molecule has 1 aliphatic carbocycles. The van der Waals surface area contributed by atoms with Crippen LogP contribution in [0.2, 0.25) is 0 Å². The van der Waals surface area contributed by atoms with Crippen molar-refractivity contribution < 1.29 is 4.74 Å². The van der Waals surface area contributed by atoms with Crippen molar-refractivity contribution in [3.05, 3.63) is 294 Å². The lowest BCUT2D eigenvalue weighted by molar-refractivity contribution is 0.482. The van der Waals surface area contributed by atoms with Gasteiger partial charge in [0, 0.05) is 45.9 Å². The fraction of sp³-hybridized carbons (Fsp3) is 0.0833. The normalized spacial score (nSPS) is 14.5. The van der Waals surface area contributed by atoms with Crippen LogP contribution in [0.3, 0.4) is 0 Å². The van der Waals surface area contributed by atoms with Gasteiger partial charge in [-0.1, -0.05) is 197 Å². The lowest BCUT2D eigenvalue weighted by Gasteiger charge is -2.35. The van der Waals surface area contributed by atoms with E-state index in [9.17, 15) is 0 Å². The lowest BCUT2D eigenvalue weighted by atomic mass is 9.67. The molecule has 0 saturated carbocycles. The fourth-order valence-electron chi connectivity index (χ4n) is 12.4. The van der Waals surface area contributed by atoms with E-state index in [1.54, 1.807) is 0 Å². The third-order valence-electron chi connectivity index (χ3n) is 15.9. The van der Waals surface area contributed by atoms with Crippen molar-refractivity contribution in [3.63, 3.8) is 0 Å². The first-order valence-corrected chi connectivity index (χ1v) is 26.7. The summed E-state index contributed by atoms with van der Waals surface area (Å²) in [6, 6.07) is 88.9. The first-order chi connectivity index (χ1) is 38.3. The molecule has 0 amide bonds. The van der Waals surface area contributed by atoms with Gasteiger partial charge < -0.3 is 14.5 Å². The molecule has 372 valence electrons. The third-order valence-corrected chi connectivity index (χ3v) is 15.9. The standard InChI is InChI=1S/C72H53N5O/c1-71(2,3)51-39-40-74-69(43-51)77-65-32-17-15-28-60(65)61-37-36-55(46-68(61)77)78-56-42-52(72(50-25-12-7-13-26-50)63-31-16-14-27-59(63)62-44-53(73-4)35-38-64(62)72)41-54(45-56)75-47-76(67-34-19-18-33-66(67)75)70-57(48-21-8-5-9-22-48)29-20-30-58(70)49-23-10-6-11-24-49/h5-46H,47H2,1-3H3. The number of ether oxygens (including phenoxy) is 1. The van der Waals surface area contributed by atoms with Crippen LogP contribution < -0.4 is 14.5 Å². The number of rotatable bonds is 9. The van der Waals surface area contributed by atoms with Gasteiger partial charge in [-0.05, 0) is 116 Å². The van der Waals surface area contributed by atoms with Crippen LogP contribution >= 0.6 is 0 Å². The van der Waals surface area contributed by atoms with Crippen molar-refractivity contribution in [2.75, 3.05) is 16.5 Å². The smallest absolute Gasteiger partial charge is 0.187 e. The van der Waals surface area contributed by atoms with E-state index in [2.05, 4.69) is 283 Å². The van der Waals surface area contributed by atoms with Crippen molar-refractivity contribution in [3.8, 4) is 50.7 Å². The van der Waals surface area contributed by atoms with Crippen LogP contribution in [0.15, 0.2) is 255 Å². The molecule has 12 aromatic rings. The molecule has 0 spiro atoms. The molecule has 6 nitrogen and oxygen atoms in total. The molecule has 0 bridgehead atoms. The van der Waals surface area contributed by atoms with E-state index in [1.165, 1.54) is 5.56 Å². The minimum absolute atomic E-state index is 0.0630. The highest BCUT2D eigenvalue weighted by Crippen LogP contribution is 2.59. The van der Waals surface area contributed by atoms with Crippen LogP contribution in [0.25, 0.3) is 65.8 Å². The molecule has 0 N–H and O–H groups in total. The molecule has 0 fully saturated rings. The summed E-state index contributed by atoms with van der Waals surface area (Å²) in [5.74, 6) is 2.26. The molecule has 2 aromatic heterocycles. The quantitative estimate of drug-likeness (QED) is 0.135. The minimum atomic E-state index is -0.790. The van der Waals surface area contributed by atoms with E-state index in [0.717, 1.165) is 106 Å². The zero-order valence-corrected chi connectivity index (χ0v) is 43.6. The second kappa shape index (κ2) is 18.4. The number of aromatic nitrogens is 2. The molecule has 3 heterocycles. The monoisotopic (exact) mass is 1000 g/mol. The maximum Gasteiger partial charge on any atom is 0.187 e. The Balaban J connectivity index is 1.00. The fourth-order valence-corrected chi connectivity index (χ4v) is 12.4. The molecular weight excluding hydrogens is 951 g/mol. The van der Waals surface area contributed by atoms with Crippen molar-refractivity contribution in [1.29, 1.82) is 0 Å². The van der Waals surface area contributed by atoms with E-state index < -0.39 is 5.41 Å². The van der Waals surface area contributed by atoms with Gasteiger partial charge in [0.25, 0.3) is 0 Å². The van der Waals surface area contributed by atoms with Crippen molar-refractivity contribution in [1.82, 2.24) is 9.55 Å². The second-order valence-corrected chi connectivity index (χ2v) is 21.4. The Morgan fingerprint density at radius 3 is 1.85 bits per heavy atom. The summed E-state index contributed by atoms with van der Waals surface area (Å²) >= 11 is 0. The SMILES string of the molecule is [C-]#[N+]c1ccc2c(c1)-c1ccccc1C2(c1ccccc1)c1cc(Oc2ccc3c4ccccc4n(-c4cc(C(C)(C)C)ccn4)c3c2)cc(N2CN(c3c(-c4ccccc4)cccc3-c3ccccc3)c3ccccc32)c1. The molecular formula is C72H53N5O. The average molecular weight is 1000 g/mol. The molecule has 14 rings (SSSR count). The number of pyridine rings is 1. The largest absolute Gasteiger partial charge is 0.457 e. The molecule has 1 unspecified atom stereocenters. The Morgan fingerprint density at radius 1 is 0.487 bits per heavy atom. The van der Waals surface area contributed by atoms with Crippen LogP contribution in [0.5, 0.6) is 11.5 Å². The summed E-state index contributed by atoms with van der Waals surface area (Å²) < 4.78 is 9.66. The van der Waals surface area contributed by atoms with Crippen LogP contribution in [-0.4, -0.2) is 16.2 Å². The Morgan fingerprint density at radius 2 is 1.12 bits per heavy atom. The highest BCUT2D eigenvalue weighted by Gasteiger charge is 2.47. The number of fused-ring (bicyclic) bond motifs is 7.